The third-order valence-electron chi connectivity index (χ3n) is 5.75. The van der Waals surface area contributed by atoms with Gasteiger partial charge < -0.3 is 24.4 Å². The molecule has 1 atom stereocenters. The molecule has 0 unspecified atom stereocenters. The van der Waals surface area contributed by atoms with Crippen LogP contribution in [-0.4, -0.2) is 56.7 Å². The van der Waals surface area contributed by atoms with E-state index < -0.39 is 0 Å². The Kier molecular flexibility index (Phi) is 8.23. The molecule has 4 rings (SSSR count). The molecule has 1 saturated heterocycles. The smallest absolute Gasteiger partial charge is 0.260 e. The molecule has 8 heteroatoms. The Bertz CT molecular complexity index is 1150. The van der Waals surface area contributed by atoms with Gasteiger partial charge in [0.15, 0.2) is 18.1 Å². The summed E-state index contributed by atoms with van der Waals surface area (Å²) in [6.45, 7) is 2.04. The molecule has 0 aliphatic carbocycles. The molecule has 1 N–H and O–H groups in total. The minimum Gasteiger partial charge on any atom is -0.493 e. The number of hydrogen-bond acceptors (Lipinski definition) is 5. The number of carbonyl (C=O) groups excluding carboxylic acids is 2. The lowest BCUT2D eigenvalue weighted by Gasteiger charge is -2.26. The zero-order valence-corrected chi connectivity index (χ0v) is 20.2. The second kappa shape index (κ2) is 11.7. The Morgan fingerprint density at radius 1 is 0.971 bits per heavy atom. The van der Waals surface area contributed by atoms with Crippen LogP contribution in [0.1, 0.15) is 27.5 Å². The molecule has 0 saturated carbocycles. The molecule has 0 bridgehead atoms. The van der Waals surface area contributed by atoms with Gasteiger partial charge in [-0.15, -0.1) is 0 Å². The lowest BCUT2D eigenvalue weighted by Crippen LogP contribution is -2.43. The molecule has 0 aromatic heterocycles. The maximum atomic E-state index is 13.2. The summed E-state index contributed by atoms with van der Waals surface area (Å²) in [4.78, 5) is 27.3. The van der Waals surface area contributed by atoms with Crippen molar-refractivity contribution < 1.29 is 23.8 Å². The van der Waals surface area contributed by atoms with E-state index >= 15 is 0 Å². The van der Waals surface area contributed by atoms with E-state index in [0.29, 0.717) is 48.4 Å². The number of nitrogens with one attached hydrogen (secondary N) is 1. The van der Waals surface area contributed by atoms with Gasteiger partial charge in [0.2, 0.25) is 0 Å². The number of amides is 2. The van der Waals surface area contributed by atoms with E-state index in [4.69, 9.17) is 25.8 Å². The summed E-state index contributed by atoms with van der Waals surface area (Å²) in [6, 6.07) is 21.6. The van der Waals surface area contributed by atoms with Gasteiger partial charge in [-0.3, -0.25) is 9.59 Å². The molecule has 1 heterocycles. The standard InChI is InChI=1S/C27H27ClN2O5/c1-33-24-17-21(9-12-23(24)35-18-25(31)30-13-15-34-16-14-30)27(32)29-26(19-5-3-2-4-6-19)20-7-10-22(28)11-8-20/h2-12,17,26H,13-16,18H2,1H3,(H,29,32)/t26-/m0/s1. The summed E-state index contributed by atoms with van der Waals surface area (Å²) in [5.41, 5.74) is 2.25. The molecule has 3 aromatic carbocycles. The molecule has 35 heavy (non-hydrogen) atoms. The lowest BCUT2D eigenvalue weighted by atomic mass is 9.98. The number of ether oxygens (including phenoxy) is 3. The SMILES string of the molecule is COc1cc(C(=O)N[C@@H](c2ccccc2)c2ccc(Cl)cc2)ccc1OCC(=O)N1CCOCC1. The van der Waals surface area contributed by atoms with E-state index in [0.717, 1.165) is 11.1 Å². The van der Waals surface area contributed by atoms with E-state index in [1.54, 1.807) is 35.2 Å². The van der Waals surface area contributed by atoms with E-state index in [2.05, 4.69) is 5.32 Å². The average molecular weight is 495 g/mol. The Balaban J connectivity index is 1.48. The first-order valence-electron chi connectivity index (χ1n) is 11.3. The molecule has 3 aromatic rings. The van der Waals surface area contributed by atoms with Crippen molar-refractivity contribution in [1.82, 2.24) is 10.2 Å². The van der Waals surface area contributed by atoms with Crippen molar-refractivity contribution in [3.05, 3.63) is 94.5 Å². The third-order valence-corrected chi connectivity index (χ3v) is 6.00. The molecule has 1 aliphatic heterocycles. The first-order valence-corrected chi connectivity index (χ1v) is 11.7. The van der Waals surface area contributed by atoms with Gasteiger partial charge in [-0.25, -0.2) is 0 Å². The van der Waals surface area contributed by atoms with Gasteiger partial charge in [-0.1, -0.05) is 54.1 Å². The van der Waals surface area contributed by atoms with Crippen LogP contribution in [0.2, 0.25) is 5.02 Å². The van der Waals surface area contributed by atoms with Gasteiger partial charge in [0, 0.05) is 23.7 Å². The van der Waals surface area contributed by atoms with Crippen LogP contribution in [0.5, 0.6) is 11.5 Å². The third kappa shape index (κ3) is 6.32. The van der Waals surface area contributed by atoms with Crippen LogP contribution in [0.25, 0.3) is 0 Å². The van der Waals surface area contributed by atoms with Gasteiger partial charge in [-0.05, 0) is 41.5 Å². The molecule has 7 nitrogen and oxygen atoms in total. The molecular weight excluding hydrogens is 468 g/mol. The first-order chi connectivity index (χ1) is 17.0. The maximum absolute atomic E-state index is 13.2. The highest BCUT2D eigenvalue weighted by molar-refractivity contribution is 6.30. The van der Waals surface area contributed by atoms with Crippen LogP contribution in [0.15, 0.2) is 72.8 Å². The van der Waals surface area contributed by atoms with Gasteiger partial charge in [-0.2, -0.15) is 0 Å². The minimum absolute atomic E-state index is 0.117. The normalized spacial score (nSPS) is 14.2. The van der Waals surface area contributed by atoms with Crippen molar-refractivity contribution in [1.29, 1.82) is 0 Å². The monoisotopic (exact) mass is 494 g/mol. The van der Waals surface area contributed by atoms with E-state index in [1.165, 1.54) is 7.11 Å². The van der Waals surface area contributed by atoms with Crippen molar-refractivity contribution >= 4 is 23.4 Å². The van der Waals surface area contributed by atoms with Crippen LogP contribution in [0.4, 0.5) is 0 Å². The molecule has 1 fully saturated rings. The van der Waals surface area contributed by atoms with Crippen molar-refractivity contribution in [2.75, 3.05) is 40.0 Å². The summed E-state index contributed by atoms with van der Waals surface area (Å²) in [6.07, 6.45) is 0. The van der Waals surface area contributed by atoms with Crippen LogP contribution >= 0.6 is 11.6 Å². The number of carbonyl (C=O) groups is 2. The van der Waals surface area contributed by atoms with Crippen LogP contribution in [0.3, 0.4) is 0 Å². The van der Waals surface area contributed by atoms with Crippen LogP contribution in [-0.2, 0) is 9.53 Å². The lowest BCUT2D eigenvalue weighted by molar-refractivity contribution is -0.137. The maximum Gasteiger partial charge on any atom is 0.260 e. The fraction of sp³-hybridized carbons (Fsp3) is 0.259. The molecule has 2 amide bonds. The Morgan fingerprint density at radius 2 is 1.66 bits per heavy atom. The molecule has 0 spiro atoms. The topological polar surface area (TPSA) is 77.1 Å². The molecule has 182 valence electrons. The predicted molar refractivity (Wildman–Crippen MR) is 133 cm³/mol. The van der Waals surface area contributed by atoms with Crippen LogP contribution in [0, 0.1) is 0 Å². The summed E-state index contributed by atoms with van der Waals surface area (Å²) in [5.74, 6) is 0.368. The fourth-order valence-electron chi connectivity index (χ4n) is 3.85. The van der Waals surface area contributed by atoms with Gasteiger partial charge in [0.05, 0.1) is 26.4 Å². The van der Waals surface area contributed by atoms with E-state index in [9.17, 15) is 9.59 Å². The van der Waals surface area contributed by atoms with Crippen molar-refractivity contribution in [2.24, 2.45) is 0 Å². The number of halogens is 1. The van der Waals surface area contributed by atoms with Gasteiger partial charge in [0.25, 0.3) is 11.8 Å². The average Bonchev–Trinajstić information content (AvgIpc) is 2.91. The summed E-state index contributed by atoms with van der Waals surface area (Å²) in [7, 11) is 1.49. The molecule has 1 aliphatic rings. The highest BCUT2D eigenvalue weighted by Crippen LogP contribution is 2.29. The van der Waals surface area contributed by atoms with Gasteiger partial charge >= 0.3 is 0 Å². The van der Waals surface area contributed by atoms with E-state index in [1.807, 2.05) is 42.5 Å². The quantitative estimate of drug-likeness (QED) is 0.510. The number of morpholine rings is 1. The number of nitrogens with zero attached hydrogens (tertiary/aromatic N) is 1. The Labute approximate surface area is 209 Å². The molecule has 0 radical (unpaired) electrons. The summed E-state index contributed by atoms with van der Waals surface area (Å²) >= 11 is 6.06. The summed E-state index contributed by atoms with van der Waals surface area (Å²) < 4.78 is 16.4. The second-order valence-electron chi connectivity index (χ2n) is 8.02. The minimum atomic E-state index is -0.367. The first kappa shape index (κ1) is 24.6. The Morgan fingerprint density at radius 3 is 2.34 bits per heavy atom. The Hall–Kier alpha value is -3.55. The number of benzene rings is 3. The fourth-order valence-corrected chi connectivity index (χ4v) is 3.97. The number of hydrogen-bond donors (Lipinski definition) is 1. The van der Waals surface area contributed by atoms with Gasteiger partial charge in [0.1, 0.15) is 0 Å². The zero-order chi connectivity index (χ0) is 24.6. The number of rotatable bonds is 8. The highest BCUT2D eigenvalue weighted by atomic mass is 35.5. The predicted octanol–water partition coefficient (Wildman–Crippen LogP) is 4.11. The van der Waals surface area contributed by atoms with Crippen molar-refractivity contribution in [2.45, 2.75) is 6.04 Å². The second-order valence-corrected chi connectivity index (χ2v) is 8.45. The van der Waals surface area contributed by atoms with Crippen molar-refractivity contribution in [3.63, 3.8) is 0 Å². The van der Waals surface area contributed by atoms with Crippen LogP contribution < -0.4 is 14.8 Å². The van der Waals surface area contributed by atoms with E-state index in [-0.39, 0.29) is 24.5 Å². The zero-order valence-electron chi connectivity index (χ0n) is 19.4. The highest BCUT2D eigenvalue weighted by Gasteiger charge is 2.21. The largest absolute Gasteiger partial charge is 0.493 e. The van der Waals surface area contributed by atoms with Crippen molar-refractivity contribution in [3.8, 4) is 11.5 Å². The summed E-state index contributed by atoms with van der Waals surface area (Å²) in [5, 5.41) is 3.72. The molecular formula is C27H27ClN2O5. The number of methoxy groups -OCH3 is 1.